The molecule has 200 valence electrons. The second-order valence-electron chi connectivity index (χ2n) is 9.60. The molecule has 0 radical (unpaired) electrons. The Labute approximate surface area is 218 Å². The first-order chi connectivity index (χ1) is 18.1. The Morgan fingerprint density at radius 3 is 2.55 bits per heavy atom. The third kappa shape index (κ3) is 5.11. The first-order valence-corrected chi connectivity index (χ1v) is 12.2. The number of H-pyrrole nitrogens is 1. The highest BCUT2D eigenvalue weighted by Gasteiger charge is 2.38. The lowest BCUT2D eigenvalue weighted by molar-refractivity contribution is -0.148. The number of nitrogens with one attached hydrogen (secondary N) is 1. The quantitative estimate of drug-likeness (QED) is 0.448. The van der Waals surface area contributed by atoms with Gasteiger partial charge in [0.05, 0.1) is 25.2 Å². The number of aromatic nitrogens is 1. The van der Waals surface area contributed by atoms with Gasteiger partial charge in [0, 0.05) is 18.5 Å². The Morgan fingerprint density at radius 2 is 1.92 bits per heavy atom. The van der Waals surface area contributed by atoms with Crippen LogP contribution in [0.25, 0.3) is 0 Å². The molecule has 1 N–H and O–H groups in total. The van der Waals surface area contributed by atoms with Crippen LogP contribution in [0, 0.1) is 5.82 Å². The van der Waals surface area contributed by atoms with Gasteiger partial charge in [-0.2, -0.15) is 5.16 Å². The highest BCUT2D eigenvalue weighted by atomic mass is 19.1. The number of Topliss-reactive ketones (excluding diaryl/α,β-unsaturated/α-hetero) is 1. The molecule has 1 aliphatic rings. The maximum absolute atomic E-state index is 15.1. The van der Waals surface area contributed by atoms with Crippen LogP contribution < -0.4 is 10.3 Å². The number of carbonyl (C=O) groups excluding carboxylic acids is 3. The van der Waals surface area contributed by atoms with E-state index in [1.54, 1.807) is 46.1 Å². The van der Waals surface area contributed by atoms with Crippen LogP contribution in [0.5, 0.6) is 5.75 Å². The highest BCUT2D eigenvalue weighted by Crippen LogP contribution is 2.35. The Morgan fingerprint density at radius 1 is 1.16 bits per heavy atom. The van der Waals surface area contributed by atoms with Gasteiger partial charge in [0.15, 0.2) is 5.78 Å². The molecule has 0 saturated heterocycles. The molecule has 0 bridgehead atoms. The van der Waals surface area contributed by atoms with E-state index in [1.807, 2.05) is 6.07 Å². The van der Waals surface area contributed by atoms with Gasteiger partial charge in [-0.05, 0) is 62.1 Å². The van der Waals surface area contributed by atoms with Crippen molar-refractivity contribution in [2.24, 2.45) is 0 Å². The first-order valence-electron chi connectivity index (χ1n) is 12.2. The minimum absolute atomic E-state index is 0.154. The van der Waals surface area contributed by atoms with E-state index in [4.69, 9.17) is 14.0 Å². The predicted molar refractivity (Wildman–Crippen MR) is 135 cm³/mol. The van der Waals surface area contributed by atoms with Crippen molar-refractivity contribution in [3.8, 4) is 5.75 Å². The lowest BCUT2D eigenvalue weighted by Gasteiger charge is -2.36. The summed E-state index contributed by atoms with van der Waals surface area (Å²) in [5, 5.41) is 2.09. The SMILES string of the molecule is CCOC(=O)C(C)(C)c1ccc(CC(=O)C2c3ccc(OC)cc3CCN2C(=O)c2cc(=O)[nH]o2)cc1F. The van der Waals surface area contributed by atoms with Crippen LogP contribution in [0.15, 0.2) is 51.8 Å². The summed E-state index contributed by atoms with van der Waals surface area (Å²) in [4.78, 5) is 52.2. The minimum atomic E-state index is -1.21. The number of ether oxygens (including phenoxy) is 2. The van der Waals surface area contributed by atoms with Crippen molar-refractivity contribution in [2.75, 3.05) is 20.3 Å². The molecule has 38 heavy (non-hydrogen) atoms. The minimum Gasteiger partial charge on any atom is -0.497 e. The highest BCUT2D eigenvalue weighted by molar-refractivity contribution is 5.97. The number of hydrogen-bond donors (Lipinski definition) is 1. The van der Waals surface area contributed by atoms with Gasteiger partial charge in [-0.3, -0.25) is 19.2 Å². The second-order valence-corrected chi connectivity index (χ2v) is 9.60. The van der Waals surface area contributed by atoms with Gasteiger partial charge in [-0.15, -0.1) is 0 Å². The number of carbonyl (C=O) groups is 3. The summed E-state index contributed by atoms with van der Waals surface area (Å²) in [5.41, 5.74) is 0.223. The molecule has 4 rings (SSSR count). The molecule has 9 nitrogen and oxygen atoms in total. The number of nitrogens with zero attached hydrogens (tertiary/aromatic N) is 1. The normalized spacial score (nSPS) is 15.1. The van der Waals surface area contributed by atoms with Crippen molar-refractivity contribution in [2.45, 2.75) is 45.1 Å². The molecule has 1 aromatic heterocycles. The van der Waals surface area contributed by atoms with E-state index in [2.05, 4.69) is 5.16 Å². The van der Waals surface area contributed by atoms with Crippen molar-refractivity contribution < 1.29 is 32.8 Å². The number of ketones is 1. The fraction of sp³-hybridized carbons (Fsp3) is 0.357. The molecule has 1 atom stereocenters. The summed E-state index contributed by atoms with van der Waals surface area (Å²) in [6.45, 7) is 5.20. The average Bonchev–Trinajstić information content (AvgIpc) is 3.33. The summed E-state index contributed by atoms with van der Waals surface area (Å²) < 4.78 is 30.5. The number of hydrogen-bond acceptors (Lipinski definition) is 7. The molecule has 1 aliphatic heterocycles. The first kappa shape index (κ1) is 26.8. The van der Waals surface area contributed by atoms with Crippen molar-refractivity contribution >= 4 is 17.7 Å². The maximum Gasteiger partial charge on any atom is 0.316 e. The van der Waals surface area contributed by atoms with E-state index in [0.29, 0.717) is 23.3 Å². The molecule has 10 heteroatoms. The van der Waals surface area contributed by atoms with Crippen molar-refractivity contribution in [1.29, 1.82) is 0 Å². The van der Waals surface area contributed by atoms with Crippen molar-refractivity contribution in [3.05, 3.63) is 86.6 Å². The number of amides is 1. The van der Waals surface area contributed by atoms with Gasteiger partial charge >= 0.3 is 5.97 Å². The summed E-state index contributed by atoms with van der Waals surface area (Å²) >= 11 is 0. The molecule has 0 saturated carbocycles. The Bertz CT molecular complexity index is 1440. The van der Waals surface area contributed by atoms with Crippen molar-refractivity contribution in [1.82, 2.24) is 10.1 Å². The zero-order valence-corrected chi connectivity index (χ0v) is 21.6. The topological polar surface area (TPSA) is 119 Å². The number of halogens is 1. The summed E-state index contributed by atoms with van der Waals surface area (Å²) in [6, 6.07) is 9.59. The van der Waals surface area contributed by atoms with E-state index in [1.165, 1.54) is 17.0 Å². The zero-order chi connectivity index (χ0) is 27.6. The fourth-order valence-electron chi connectivity index (χ4n) is 4.72. The third-order valence-electron chi connectivity index (χ3n) is 6.75. The van der Waals surface area contributed by atoms with Crippen LogP contribution in [-0.4, -0.2) is 48.0 Å². The van der Waals surface area contributed by atoms with E-state index in [0.717, 1.165) is 11.6 Å². The predicted octanol–water partition coefficient (Wildman–Crippen LogP) is 3.51. The van der Waals surface area contributed by atoms with E-state index < -0.39 is 34.7 Å². The molecule has 3 aromatic rings. The van der Waals surface area contributed by atoms with Crippen LogP contribution in [-0.2, 0) is 32.6 Å². The van der Waals surface area contributed by atoms with Gasteiger partial charge in [-0.25, -0.2) is 4.39 Å². The van der Waals surface area contributed by atoms with Gasteiger partial charge in [-0.1, -0.05) is 18.2 Å². The van der Waals surface area contributed by atoms with Gasteiger partial charge in [0.2, 0.25) is 5.76 Å². The monoisotopic (exact) mass is 524 g/mol. The molecule has 1 unspecified atom stereocenters. The molecule has 2 heterocycles. The third-order valence-corrected chi connectivity index (χ3v) is 6.75. The van der Waals surface area contributed by atoms with Crippen LogP contribution in [0.1, 0.15) is 59.6 Å². The Kier molecular flexibility index (Phi) is 7.52. The van der Waals surface area contributed by atoms with Gasteiger partial charge in [0.1, 0.15) is 17.6 Å². The standard InChI is InChI=1S/C28H29FN2O7/c1-5-37-27(35)28(2,3)20-9-6-16(12-21(20)29)13-22(32)25-19-8-7-18(36-4)14-17(19)10-11-31(25)26(34)23-15-24(33)30-38-23/h6-9,12,14-15,25H,5,10-11,13H2,1-4H3,(H,30,33). The lowest BCUT2D eigenvalue weighted by Crippen LogP contribution is -2.44. The zero-order valence-electron chi connectivity index (χ0n) is 21.6. The molecule has 0 fully saturated rings. The largest absolute Gasteiger partial charge is 0.497 e. The molecular weight excluding hydrogens is 495 g/mol. The van der Waals surface area contributed by atoms with Crippen LogP contribution in [0.4, 0.5) is 4.39 Å². The van der Waals surface area contributed by atoms with Crippen LogP contribution >= 0.6 is 0 Å². The fourth-order valence-corrected chi connectivity index (χ4v) is 4.72. The molecule has 2 aromatic carbocycles. The number of fused-ring (bicyclic) bond motifs is 1. The summed E-state index contributed by atoms with van der Waals surface area (Å²) in [6.07, 6.45) is 0.289. The maximum atomic E-state index is 15.1. The number of aromatic amines is 1. The second kappa shape index (κ2) is 10.6. The molecule has 0 aliphatic carbocycles. The summed E-state index contributed by atoms with van der Waals surface area (Å²) in [7, 11) is 1.54. The summed E-state index contributed by atoms with van der Waals surface area (Å²) in [5.74, 6) is -1.73. The molecule has 0 spiro atoms. The number of methoxy groups -OCH3 is 1. The van der Waals surface area contributed by atoms with E-state index in [9.17, 15) is 19.2 Å². The lowest BCUT2D eigenvalue weighted by atomic mass is 9.83. The smallest absolute Gasteiger partial charge is 0.316 e. The average molecular weight is 525 g/mol. The van der Waals surface area contributed by atoms with E-state index in [-0.39, 0.29) is 36.7 Å². The number of rotatable bonds is 8. The molecule has 1 amide bonds. The number of esters is 1. The van der Waals surface area contributed by atoms with E-state index >= 15 is 4.39 Å². The Balaban J connectivity index is 1.66. The van der Waals surface area contributed by atoms with Gasteiger partial charge < -0.3 is 18.9 Å². The van der Waals surface area contributed by atoms with Crippen LogP contribution in [0.2, 0.25) is 0 Å². The van der Waals surface area contributed by atoms with Crippen LogP contribution in [0.3, 0.4) is 0 Å². The van der Waals surface area contributed by atoms with Gasteiger partial charge in [0.25, 0.3) is 11.5 Å². The Hall–Kier alpha value is -4.21. The van der Waals surface area contributed by atoms with Crippen molar-refractivity contribution in [3.63, 3.8) is 0 Å². The molecular formula is C28H29FN2O7. The number of benzene rings is 2.